The maximum atomic E-state index is 10.7. The standard InChI is InChI=1S/C11H13NO5/c13-12(14)10-3-1-2-4-11(10)17-8-9-7-15-5-6-16-9/h1-4,9H,5-8H2. The zero-order valence-corrected chi connectivity index (χ0v) is 9.20. The molecule has 1 aromatic carbocycles. The summed E-state index contributed by atoms with van der Waals surface area (Å²) in [5, 5.41) is 10.7. The van der Waals surface area contributed by atoms with E-state index in [9.17, 15) is 10.1 Å². The van der Waals surface area contributed by atoms with Crippen LogP contribution in [0.5, 0.6) is 5.75 Å². The molecule has 1 saturated heterocycles. The number of hydrogen-bond donors (Lipinski definition) is 0. The summed E-state index contributed by atoms with van der Waals surface area (Å²) in [6.45, 7) is 1.83. The van der Waals surface area contributed by atoms with E-state index in [1.807, 2.05) is 0 Å². The quantitative estimate of drug-likeness (QED) is 0.586. The predicted octanol–water partition coefficient (Wildman–Crippen LogP) is 1.39. The molecule has 0 aromatic heterocycles. The normalized spacial score (nSPS) is 19.9. The first kappa shape index (κ1) is 11.8. The Morgan fingerprint density at radius 2 is 2.24 bits per heavy atom. The summed E-state index contributed by atoms with van der Waals surface area (Å²) in [4.78, 5) is 10.3. The van der Waals surface area contributed by atoms with Crippen molar-refractivity contribution in [2.45, 2.75) is 6.10 Å². The molecule has 0 N–H and O–H groups in total. The lowest BCUT2D eigenvalue weighted by atomic mass is 10.3. The summed E-state index contributed by atoms with van der Waals surface area (Å²) < 4.78 is 16.0. The second-order valence-electron chi connectivity index (χ2n) is 3.60. The highest BCUT2D eigenvalue weighted by molar-refractivity contribution is 5.45. The van der Waals surface area contributed by atoms with Gasteiger partial charge in [0.1, 0.15) is 12.7 Å². The van der Waals surface area contributed by atoms with Crippen molar-refractivity contribution in [2.75, 3.05) is 26.4 Å². The van der Waals surface area contributed by atoms with E-state index in [0.29, 0.717) is 19.8 Å². The summed E-state index contributed by atoms with van der Waals surface area (Å²) in [5.41, 5.74) is -0.0378. The third-order valence-electron chi connectivity index (χ3n) is 2.37. The Balaban J connectivity index is 1.96. The number of benzene rings is 1. The SMILES string of the molecule is O=[N+]([O-])c1ccccc1OCC1COCCO1. The van der Waals surface area contributed by atoms with Crippen LogP contribution in [0.1, 0.15) is 0 Å². The van der Waals surface area contributed by atoms with Gasteiger partial charge in [0.2, 0.25) is 0 Å². The van der Waals surface area contributed by atoms with Crippen LogP contribution in [0.25, 0.3) is 0 Å². The van der Waals surface area contributed by atoms with Crippen LogP contribution < -0.4 is 4.74 Å². The number of para-hydroxylation sites is 2. The molecule has 1 atom stereocenters. The Labute approximate surface area is 98.2 Å². The molecule has 0 amide bonds. The first-order chi connectivity index (χ1) is 8.27. The molecule has 1 heterocycles. The number of ether oxygens (including phenoxy) is 3. The van der Waals surface area contributed by atoms with Gasteiger partial charge in [-0.2, -0.15) is 0 Å². The largest absolute Gasteiger partial charge is 0.484 e. The molecular weight excluding hydrogens is 226 g/mol. The van der Waals surface area contributed by atoms with Crippen LogP contribution >= 0.6 is 0 Å². The zero-order valence-electron chi connectivity index (χ0n) is 9.20. The molecule has 6 nitrogen and oxygen atoms in total. The Morgan fingerprint density at radius 3 is 2.94 bits per heavy atom. The average molecular weight is 239 g/mol. The molecular formula is C11H13NO5. The van der Waals surface area contributed by atoms with E-state index < -0.39 is 4.92 Å². The van der Waals surface area contributed by atoms with Gasteiger partial charge in [-0.15, -0.1) is 0 Å². The monoisotopic (exact) mass is 239 g/mol. The van der Waals surface area contributed by atoms with Crippen LogP contribution in [0.2, 0.25) is 0 Å². The third-order valence-corrected chi connectivity index (χ3v) is 2.37. The Bertz CT molecular complexity index is 389. The molecule has 0 radical (unpaired) electrons. The maximum Gasteiger partial charge on any atom is 0.310 e. The summed E-state index contributed by atoms with van der Waals surface area (Å²) >= 11 is 0. The van der Waals surface area contributed by atoms with Crippen LogP contribution in [-0.2, 0) is 9.47 Å². The Hall–Kier alpha value is -1.66. The van der Waals surface area contributed by atoms with Gasteiger partial charge in [0.15, 0.2) is 5.75 Å². The van der Waals surface area contributed by atoms with E-state index in [-0.39, 0.29) is 24.1 Å². The van der Waals surface area contributed by atoms with Crippen LogP contribution in [0, 0.1) is 10.1 Å². The number of hydrogen-bond acceptors (Lipinski definition) is 5. The van der Waals surface area contributed by atoms with Gasteiger partial charge in [0.05, 0.1) is 24.7 Å². The summed E-state index contributed by atoms with van der Waals surface area (Å²) in [6.07, 6.45) is -0.163. The molecule has 1 aliphatic rings. The smallest absolute Gasteiger partial charge is 0.310 e. The summed E-state index contributed by atoms with van der Waals surface area (Å²) in [7, 11) is 0. The highest BCUT2D eigenvalue weighted by atomic mass is 16.6. The van der Waals surface area contributed by atoms with Crippen molar-refractivity contribution < 1.29 is 19.1 Å². The van der Waals surface area contributed by atoms with Gasteiger partial charge in [0, 0.05) is 6.07 Å². The highest BCUT2D eigenvalue weighted by Gasteiger charge is 2.18. The highest BCUT2D eigenvalue weighted by Crippen LogP contribution is 2.26. The number of rotatable bonds is 4. The van der Waals surface area contributed by atoms with Crippen LogP contribution in [0.3, 0.4) is 0 Å². The van der Waals surface area contributed by atoms with Crippen LogP contribution in [-0.4, -0.2) is 37.5 Å². The summed E-state index contributed by atoms with van der Waals surface area (Å²) in [5.74, 6) is 0.256. The van der Waals surface area contributed by atoms with Crippen LogP contribution in [0.15, 0.2) is 24.3 Å². The molecule has 92 valence electrons. The van der Waals surface area contributed by atoms with Gasteiger partial charge in [-0.3, -0.25) is 10.1 Å². The Kier molecular flexibility index (Phi) is 3.89. The predicted molar refractivity (Wildman–Crippen MR) is 59.2 cm³/mol. The lowest BCUT2D eigenvalue weighted by molar-refractivity contribution is -0.386. The van der Waals surface area contributed by atoms with Gasteiger partial charge in [-0.25, -0.2) is 0 Å². The van der Waals surface area contributed by atoms with Gasteiger partial charge in [-0.1, -0.05) is 12.1 Å². The minimum atomic E-state index is -0.465. The maximum absolute atomic E-state index is 10.7. The summed E-state index contributed by atoms with van der Waals surface area (Å²) in [6, 6.07) is 6.28. The van der Waals surface area contributed by atoms with Gasteiger partial charge < -0.3 is 14.2 Å². The minimum absolute atomic E-state index is 0.0378. The number of nitro benzene ring substituents is 1. The van der Waals surface area contributed by atoms with Crippen LogP contribution in [0.4, 0.5) is 5.69 Å². The molecule has 1 aromatic rings. The van der Waals surface area contributed by atoms with Crippen molar-refractivity contribution in [3.05, 3.63) is 34.4 Å². The number of nitro groups is 1. The number of nitrogens with zero attached hydrogens (tertiary/aromatic N) is 1. The van der Waals surface area contributed by atoms with Crippen molar-refractivity contribution in [2.24, 2.45) is 0 Å². The van der Waals surface area contributed by atoms with Gasteiger partial charge >= 0.3 is 5.69 Å². The van der Waals surface area contributed by atoms with Crippen molar-refractivity contribution in [3.63, 3.8) is 0 Å². The fourth-order valence-electron chi connectivity index (χ4n) is 1.55. The first-order valence-corrected chi connectivity index (χ1v) is 5.33. The topological polar surface area (TPSA) is 70.8 Å². The molecule has 0 aliphatic carbocycles. The van der Waals surface area contributed by atoms with Gasteiger partial charge in [-0.05, 0) is 6.07 Å². The zero-order chi connectivity index (χ0) is 12.1. The van der Waals surface area contributed by atoms with E-state index in [1.165, 1.54) is 6.07 Å². The molecule has 17 heavy (non-hydrogen) atoms. The molecule has 1 fully saturated rings. The van der Waals surface area contributed by atoms with E-state index in [1.54, 1.807) is 18.2 Å². The molecule has 0 spiro atoms. The van der Waals surface area contributed by atoms with Crippen molar-refractivity contribution >= 4 is 5.69 Å². The van der Waals surface area contributed by atoms with E-state index >= 15 is 0 Å². The van der Waals surface area contributed by atoms with Crippen molar-refractivity contribution in [3.8, 4) is 5.75 Å². The van der Waals surface area contributed by atoms with E-state index in [4.69, 9.17) is 14.2 Å². The molecule has 1 aliphatic heterocycles. The molecule has 0 bridgehead atoms. The van der Waals surface area contributed by atoms with Gasteiger partial charge in [0.25, 0.3) is 0 Å². The minimum Gasteiger partial charge on any atom is -0.484 e. The second-order valence-corrected chi connectivity index (χ2v) is 3.60. The molecule has 1 unspecified atom stereocenters. The van der Waals surface area contributed by atoms with Crippen molar-refractivity contribution in [1.29, 1.82) is 0 Å². The Morgan fingerprint density at radius 1 is 1.41 bits per heavy atom. The lowest BCUT2D eigenvalue weighted by Gasteiger charge is -2.22. The molecule has 0 saturated carbocycles. The molecule has 2 rings (SSSR count). The van der Waals surface area contributed by atoms with E-state index in [2.05, 4.69) is 0 Å². The fraction of sp³-hybridized carbons (Fsp3) is 0.455. The lowest BCUT2D eigenvalue weighted by Crippen LogP contribution is -2.33. The van der Waals surface area contributed by atoms with Crippen molar-refractivity contribution in [1.82, 2.24) is 0 Å². The molecule has 6 heteroatoms. The second kappa shape index (κ2) is 5.60. The average Bonchev–Trinajstić information content (AvgIpc) is 2.38. The fourth-order valence-corrected chi connectivity index (χ4v) is 1.55. The van der Waals surface area contributed by atoms with E-state index in [0.717, 1.165) is 0 Å². The first-order valence-electron chi connectivity index (χ1n) is 5.33. The third kappa shape index (κ3) is 3.15.